The summed E-state index contributed by atoms with van der Waals surface area (Å²) in [4.78, 5) is 20.8. The molecular formula is C9H12O2. The first kappa shape index (κ1) is 8.18. The second-order valence-electron chi connectivity index (χ2n) is 3.11. The molecule has 0 aromatic rings. The maximum atomic E-state index is 10.4. The Labute approximate surface area is 66.3 Å². The average Bonchev–Trinajstić information content (AvgIpc) is 2.04. The minimum absolute atomic E-state index is 0.0196. The monoisotopic (exact) mass is 152 g/mol. The molecule has 1 aliphatic carbocycles. The minimum atomic E-state index is 0.0196. The molecule has 0 aliphatic heterocycles. The van der Waals surface area contributed by atoms with Crippen LogP contribution in [-0.2, 0) is 9.59 Å². The predicted octanol–water partition coefficient (Wildman–Crippen LogP) is 1.21. The Morgan fingerprint density at radius 3 is 2.45 bits per heavy atom. The van der Waals surface area contributed by atoms with Crippen molar-refractivity contribution in [3.63, 3.8) is 0 Å². The third-order valence-electron chi connectivity index (χ3n) is 2.21. The van der Waals surface area contributed by atoms with Crippen LogP contribution < -0.4 is 0 Å². The molecule has 0 heterocycles. The van der Waals surface area contributed by atoms with Crippen molar-refractivity contribution in [2.45, 2.75) is 13.3 Å². The third kappa shape index (κ3) is 1.76. The molecule has 1 aliphatic rings. The second-order valence-corrected chi connectivity index (χ2v) is 3.11. The number of carbonyl (C=O) groups excluding carboxylic acids is 2. The van der Waals surface area contributed by atoms with E-state index in [9.17, 15) is 9.59 Å². The van der Waals surface area contributed by atoms with E-state index in [4.69, 9.17) is 0 Å². The van der Waals surface area contributed by atoms with Gasteiger partial charge in [-0.15, -0.1) is 0 Å². The van der Waals surface area contributed by atoms with Crippen molar-refractivity contribution in [1.29, 1.82) is 0 Å². The Hall–Kier alpha value is -0.920. The van der Waals surface area contributed by atoms with Gasteiger partial charge in [-0.3, -0.25) is 0 Å². The molecule has 0 saturated heterocycles. The van der Waals surface area contributed by atoms with Gasteiger partial charge in [0, 0.05) is 11.8 Å². The molecule has 0 aromatic carbocycles. The van der Waals surface area contributed by atoms with Gasteiger partial charge < -0.3 is 9.59 Å². The van der Waals surface area contributed by atoms with Crippen LogP contribution in [0.4, 0.5) is 0 Å². The lowest BCUT2D eigenvalue weighted by molar-refractivity contribution is -0.113. The van der Waals surface area contributed by atoms with Crippen molar-refractivity contribution in [3.8, 4) is 0 Å². The number of hydrogen-bond donors (Lipinski definition) is 0. The van der Waals surface area contributed by atoms with Crippen molar-refractivity contribution >= 4 is 12.6 Å². The van der Waals surface area contributed by atoms with Gasteiger partial charge >= 0.3 is 0 Å². The molecule has 3 atom stereocenters. The van der Waals surface area contributed by atoms with Crippen molar-refractivity contribution in [3.05, 3.63) is 12.2 Å². The van der Waals surface area contributed by atoms with E-state index in [0.717, 1.165) is 19.0 Å². The fourth-order valence-electron chi connectivity index (χ4n) is 1.41. The normalized spacial score (nSPS) is 36.6. The van der Waals surface area contributed by atoms with Gasteiger partial charge in [0.15, 0.2) is 0 Å². The molecule has 0 bridgehead atoms. The lowest BCUT2D eigenvalue weighted by atomic mass is 9.81. The van der Waals surface area contributed by atoms with Gasteiger partial charge in [0.1, 0.15) is 12.6 Å². The highest BCUT2D eigenvalue weighted by molar-refractivity contribution is 5.61. The van der Waals surface area contributed by atoms with Gasteiger partial charge in [-0.25, -0.2) is 0 Å². The van der Waals surface area contributed by atoms with E-state index in [1.54, 1.807) is 0 Å². The number of rotatable bonds is 2. The SMILES string of the molecule is CC1CC(C=O)C=CC1C=O. The van der Waals surface area contributed by atoms with Crippen molar-refractivity contribution in [2.75, 3.05) is 0 Å². The van der Waals surface area contributed by atoms with Crippen LogP contribution in [0, 0.1) is 17.8 Å². The fourth-order valence-corrected chi connectivity index (χ4v) is 1.41. The first-order valence-corrected chi connectivity index (χ1v) is 3.87. The zero-order chi connectivity index (χ0) is 8.27. The molecule has 0 amide bonds. The first-order valence-electron chi connectivity index (χ1n) is 3.87. The number of carbonyl (C=O) groups is 2. The van der Waals surface area contributed by atoms with Crippen molar-refractivity contribution in [2.24, 2.45) is 17.8 Å². The Morgan fingerprint density at radius 2 is 2.00 bits per heavy atom. The first-order chi connectivity index (χ1) is 5.27. The molecular weight excluding hydrogens is 140 g/mol. The highest BCUT2D eigenvalue weighted by Crippen LogP contribution is 2.25. The molecule has 3 unspecified atom stereocenters. The summed E-state index contributed by atoms with van der Waals surface area (Å²) < 4.78 is 0. The Morgan fingerprint density at radius 1 is 1.27 bits per heavy atom. The van der Waals surface area contributed by atoms with Gasteiger partial charge in [0.25, 0.3) is 0 Å². The molecule has 0 radical (unpaired) electrons. The molecule has 2 heteroatoms. The van der Waals surface area contributed by atoms with E-state index in [-0.39, 0.29) is 11.8 Å². The molecule has 0 aromatic heterocycles. The van der Waals surface area contributed by atoms with Crippen LogP contribution in [-0.4, -0.2) is 12.6 Å². The summed E-state index contributed by atoms with van der Waals surface area (Å²) in [5.41, 5.74) is 0. The standard InChI is InChI=1S/C9H12O2/c1-7-4-8(5-10)2-3-9(7)6-11/h2-3,5-9H,4H2,1H3. The predicted molar refractivity (Wildman–Crippen MR) is 42.0 cm³/mol. The van der Waals surface area contributed by atoms with Gasteiger partial charge in [0.2, 0.25) is 0 Å². The minimum Gasteiger partial charge on any atom is -0.303 e. The molecule has 60 valence electrons. The van der Waals surface area contributed by atoms with Gasteiger partial charge in [0.05, 0.1) is 0 Å². The van der Waals surface area contributed by atoms with Gasteiger partial charge in [-0.2, -0.15) is 0 Å². The maximum absolute atomic E-state index is 10.4. The van der Waals surface area contributed by atoms with E-state index < -0.39 is 0 Å². The topological polar surface area (TPSA) is 34.1 Å². The van der Waals surface area contributed by atoms with Gasteiger partial charge in [-0.05, 0) is 12.3 Å². The molecule has 1 rings (SSSR count). The zero-order valence-electron chi connectivity index (χ0n) is 6.57. The molecule has 0 N–H and O–H groups in total. The van der Waals surface area contributed by atoms with Crippen LogP contribution in [0.25, 0.3) is 0 Å². The van der Waals surface area contributed by atoms with Crippen LogP contribution in [0.5, 0.6) is 0 Å². The van der Waals surface area contributed by atoms with Crippen LogP contribution in [0.15, 0.2) is 12.2 Å². The highest BCUT2D eigenvalue weighted by Gasteiger charge is 2.21. The Bertz CT molecular complexity index is 184. The molecule has 11 heavy (non-hydrogen) atoms. The Balaban J connectivity index is 2.65. The largest absolute Gasteiger partial charge is 0.303 e. The van der Waals surface area contributed by atoms with E-state index >= 15 is 0 Å². The molecule has 0 spiro atoms. The maximum Gasteiger partial charge on any atom is 0.127 e. The third-order valence-corrected chi connectivity index (χ3v) is 2.21. The van der Waals surface area contributed by atoms with Crippen molar-refractivity contribution in [1.82, 2.24) is 0 Å². The van der Waals surface area contributed by atoms with Crippen LogP contribution in [0.2, 0.25) is 0 Å². The van der Waals surface area contributed by atoms with Crippen LogP contribution >= 0.6 is 0 Å². The summed E-state index contributed by atoms with van der Waals surface area (Å²) in [6, 6.07) is 0. The van der Waals surface area contributed by atoms with Crippen LogP contribution in [0.3, 0.4) is 0 Å². The van der Waals surface area contributed by atoms with Gasteiger partial charge in [-0.1, -0.05) is 19.1 Å². The summed E-state index contributed by atoms with van der Waals surface area (Å²) in [6.45, 7) is 2.00. The average molecular weight is 152 g/mol. The lowest BCUT2D eigenvalue weighted by Crippen LogP contribution is -2.19. The van der Waals surface area contributed by atoms with Crippen molar-refractivity contribution < 1.29 is 9.59 Å². The summed E-state index contributed by atoms with van der Waals surface area (Å²) >= 11 is 0. The van der Waals surface area contributed by atoms with E-state index in [2.05, 4.69) is 0 Å². The molecule has 2 nitrogen and oxygen atoms in total. The molecule has 0 fully saturated rings. The van der Waals surface area contributed by atoms with E-state index in [1.807, 2.05) is 19.1 Å². The fraction of sp³-hybridized carbons (Fsp3) is 0.556. The quantitative estimate of drug-likeness (QED) is 0.440. The number of allylic oxidation sites excluding steroid dienone is 2. The second kappa shape index (κ2) is 3.46. The molecule has 0 saturated carbocycles. The summed E-state index contributed by atoms with van der Waals surface area (Å²) in [6.07, 6.45) is 6.35. The summed E-state index contributed by atoms with van der Waals surface area (Å²) in [5.74, 6) is 0.361. The number of hydrogen-bond acceptors (Lipinski definition) is 2. The lowest BCUT2D eigenvalue weighted by Gasteiger charge is -2.22. The smallest absolute Gasteiger partial charge is 0.127 e. The summed E-state index contributed by atoms with van der Waals surface area (Å²) in [5, 5.41) is 0. The van der Waals surface area contributed by atoms with Crippen LogP contribution in [0.1, 0.15) is 13.3 Å². The zero-order valence-corrected chi connectivity index (χ0v) is 6.57. The Kier molecular flexibility index (Phi) is 2.58. The highest BCUT2D eigenvalue weighted by atomic mass is 16.1. The van der Waals surface area contributed by atoms with E-state index in [1.165, 1.54) is 0 Å². The summed E-state index contributed by atoms with van der Waals surface area (Å²) in [7, 11) is 0. The van der Waals surface area contributed by atoms with E-state index in [0.29, 0.717) is 5.92 Å². The number of aldehydes is 2.